The van der Waals surface area contributed by atoms with Gasteiger partial charge in [0.1, 0.15) is 6.33 Å². The zero-order chi connectivity index (χ0) is 21.5. The summed E-state index contributed by atoms with van der Waals surface area (Å²) in [5, 5.41) is 15.3. The fourth-order valence-corrected chi connectivity index (χ4v) is 3.99. The van der Waals surface area contributed by atoms with Gasteiger partial charge in [-0.25, -0.2) is 9.98 Å². The van der Waals surface area contributed by atoms with E-state index in [0.29, 0.717) is 11.4 Å². The maximum absolute atomic E-state index is 12.8. The first-order valence-electron chi connectivity index (χ1n) is 10.4. The number of rotatable bonds is 4. The highest BCUT2D eigenvalue weighted by Crippen LogP contribution is 2.37. The van der Waals surface area contributed by atoms with Crippen molar-refractivity contribution in [3.05, 3.63) is 90.3 Å². The maximum Gasteiger partial charge on any atom is 0.276 e. The van der Waals surface area contributed by atoms with Crippen molar-refractivity contribution in [2.24, 2.45) is 4.99 Å². The van der Waals surface area contributed by atoms with E-state index < -0.39 is 0 Å². The van der Waals surface area contributed by atoms with E-state index in [1.54, 1.807) is 6.07 Å². The summed E-state index contributed by atoms with van der Waals surface area (Å²) in [5.41, 5.74) is 6.15. The Hall–Kier alpha value is -4.39. The van der Waals surface area contributed by atoms with Crippen LogP contribution >= 0.6 is 0 Å². The molecular formula is C25H18N6O. The van der Waals surface area contributed by atoms with Gasteiger partial charge in [0.2, 0.25) is 0 Å². The predicted molar refractivity (Wildman–Crippen MR) is 122 cm³/mol. The van der Waals surface area contributed by atoms with Crippen molar-refractivity contribution >= 4 is 22.5 Å². The molecule has 5 aromatic rings. The van der Waals surface area contributed by atoms with Crippen LogP contribution in [0.3, 0.4) is 0 Å². The molecule has 3 aromatic carbocycles. The molecule has 0 radical (unpaired) electrons. The standard InChI is InChI=1S/C25H18N6O/c32-25(28-22-13-19(22)15-5-2-1-3-6-15)18-8-4-7-16(11-18)23-20-12-17(24-26-14-27-31-24)9-10-21(20)29-30-23/h1-12,14,19H,13H2,(H,29,30)(H,26,27,31)/t19-/m1/s1. The number of hydrogen-bond acceptors (Lipinski definition) is 4. The van der Waals surface area contributed by atoms with Crippen LogP contribution in [0.15, 0.2) is 84.1 Å². The number of aromatic amines is 2. The molecule has 0 bridgehead atoms. The van der Waals surface area contributed by atoms with Crippen molar-refractivity contribution in [3.8, 4) is 22.6 Å². The van der Waals surface area contributed by atoms with Crippen molar-refractivity contribution in [1.29, 1.82) is 0 Å². The van der Waals surface area contributed by atoms with Crippen LogP contribution < -0.4 is 0 Å². The molecule has 32 heavy (non-hydrogen) atoms. The SMILES string of the molecule is O=C(N=C1C[C@@H]1c1ccccc1)c1cccc(-c2n[nH]c3ccc(-c4ncn[nH]4)cc23)c1. The number of carbonyl (C=O) groups is 1. The quantitative estimate of drug-likeness (QED) is 0.438. The Bertz CT molecular complexity index is 1470. The fraction of sp³-hybridized carbons (Fsp3) is 0.0800. The predicted octanol–water partition coefficient (Wildman–Crippen LogP) is 4.78. The summed E-state index contributed by atoms with van der Waals surface area (Å²) in [4.78, 5) is 21.4. The summed E-state index contributed by atoms with van der Waals surface area (Å²) >= 11 is 0. The fourth-order valence-electron chi connectivity index (χ4n) is 3.99. The number of nitrogens with one attached hydrogen (secondary N) is 2. The highest BCUT2D eigenvalue weighted by atomic mass is 16.1. The first-order valence-corrected chi connectivity index (χ1v) is 10.4. The molecule has 1 atom stereocenters. The second-order valence-electron chi connectivity index (χ2n) is 7.82. The largest absolute Gasteiger partial charge is 0.277 e. The Labute approximate surface area is 183 Å². The van der Waals surface area contributed by atoms with Crippen molar-refractivity contribution in [2.45, 2.75) is 12.3 Å². The van der Waals surface area contributed by atoms with Gasteiger partial charge in [0.25, 0.3) is 5.91 Å². The van der Waals surface area contributed by atoms with Crippen LogP contribution in [0, 0.1) is 0 Å². The average molecular weight is 418 g/mol. The molecule has 2 N–H and O–H groups in total. The number of carbonyl (C=O) groups excluding carboxylic acids is 1. The van der Waals surface area contributed by atoms with Crippen LogP contribution in [0.1, 0.15) is 28.3 Å². The Morgan fingerprint density at radius 1 is 0.938 bits per heavy atom. The lowest BCUT2D eigenvalue weighted by Gasteiger charge is -2.02. The number of benzene rings is 3. The number of aromatic nitrogens is 5. The molecule has 6 rings (SSSR count). The first-order chi connectivity index (χ1) is 15.8. The lowest BCUT2D eigenvalue weighted by Crippen LogP contribution is -1.96. The number of hydrogen-bond donors (Lipinski definition) is 2. The van der Waals surface area contributed by atoms with Gasteiger partial charge in [-0.3, -0.25) is 15.0 Å². The Balaban J connectivity index is 1.31. The molecule has 2 aromatic heterocycles. The van der Waals surface area contributed by atoms with Crippen molar-refractivity contribution in [2.75, 3.05) is 0 Å². The summed E-state index contributed by atoms with van der Waals surface area (Å²) in [6.45, 7) is 0. The van der Waals surface area contributed by atoms with E-state index in [-0.39, 0.29) is 11.8 Å². The second kappa shape index (κ2) is 7.39. The van der Waals surface area contributed by atoms with E-state index in [2.05, 4.69) is 42.5 Å². The molecule has 7 nitrogen and oxygen atoms in total. The van der Waals surface area contributed by atoms with Gasteiger partial charge in [-0.05, 0) is 42.3 Å². The third-order valence-corrected chi connectivity index (χ3v) is 5.74. The first kappa shape index (κ1) is 18.4. The molecule has 154 valence electrons. The number of aliphatic imine (C=N–C) groups is 1. The van der Waals surface area contributed by atoms with E-state index in [0.717, 1.165) is 39.9 Å². The van der Waals surface area contributed by atoms with Crippen LogP contribution in [0.4, 0.5) is 0 Å². The van der Waals surface area contributed by atoms with Gasteiger partial charge in [0, 0.05) is 33.7 Å². The molecule has 1 saturated carbocycles. The van der Waals surface area contributed by atoms with Gasteiger partial charge >= 0.3 is 0 Å². The highest BCUT2D eigenvalue weighted by molar-refractivity contribution is 6.14. The van der Waals surface area contributed by atoms with Crippen molar-refractivity contribution in [1.82, 2.24) is 25.4 Å². The topological polar surface area (TPSA) is 99.7 Å². The monoisotopic (exact) mass is 418 g/mol. The smallest absolute Gasteiger partial charge is 0.276 e. The summed E-state index contributed by atoms with van der Waals surface area (Å²) < 4.78 is 0. The van der Waals surface area contributed by atoms with Gasteiger partial charge in [0.05, 0.1) is 11.2 Å². The lowest BCUT2D eigenvalue weighted by molar-refractivity contribution is 0.100. The summed E-state index contributed by atoms with van der Waals surface area (Å²) in [6, 6.07) is 23.6. The minimum Gasteiger partial charge on any atom is -0.277 e. The van der Waals surface area contributed by atoms with Gasteiger partial charge in [-0.15, -0.1) is 0 Å². The number of amides is 1. The van der Waals surface area contributed by atoms with Crippen molar-refractivity contribution < 1.29 is 4.79 Å². The lowest BCUT2D eigenvalue weighted by atomic mass is 10.0. The zero-order valence-electron chi connectivity index (χ0n) is 17.0. The Morgan fingerprint density at radius 2 is 1.84 bits per heavy atom. The normalized spacial score (nSPS) is 16.5. The molecule has 7 heteroatoms. The maximum atomic E-state index is 12.8. The van der Waals surface area contributed by atoms with Crippen LogP contribution in [0.25, 0.3) is 33.5 Å². The molecular weight excluding hydrogens is 400 g/mol. The number of H-pyrrole nitrogens is 2. The average Bonchev–Trinajstić information content (AvgIpc) is 3.22. The second-order valence-corrected chi connectivity index (χ2v) is 7.82. The molecule has 0 saturated heterocycles. The summed E-state index contributed by atoms with van der Waals surface area (Å²) in [7, 11) is 0. The zero-order valence-corrected chi connectivity index (χ0v) is 17.0. The highest BCUT2D eigenvalue weighted by Gasteiger charge is 2.34. The Kier molecular flexibility index (Phi) is 4.24. The van der Waals surface area contributed by atoms with Crippen LogP contribution in [0.5, 0.6) is 0 Å². The molecule has 1 amide bonds. The van der Waals surface area contributed by atoms with Gasteiger partial charge in [-0.2, -0.15) is 10.2 Å². The molecule has 2 heterocycles. The van der Waals surface area contributed by atoms with Gasteiger partial charge < -0.3 is 0 Å². The third-order valence-electron chi connectivity index (χ3n) is 5.74. The van der Waals surface area contributed by atoms with E-state index >= 15 is 0 Å². The minimum absolute atomic E-state index is 0.220. The van der Waals surface area contributed by atoms with Crippen LogP contribution in [-0.2, 0) is 0 Å². The van der Waals surface area contributed by atoms with Gasteiger partial charge in [0.15, 0.2) is 5.82 Å². The number of fused-ring (bicyclic) bond motifs is 1. The number of nitrogens with zero attached hydrogens (tertiary/aromatic N) is 4. The third kappa shape index (κ3) is 3.30. The Morgan fingerprint density at radius 3 is 2.69 bits per heavy atom. The van der Waals surface area contributed by atoms with Crippen molar-refractivity contribution in [3.63, 3.8) is 0 Å². The van der Waals surface area contributed by atoms with E-state index in [1.807, 2.05) is 54.6 Å². The molecule has 0 spiro atoms. The van der Waals surface area contributed by atoms with E-state index in [1.165, 1.54) is 11.9 Å². The van der Waals surface area contributed by atoms with Crippen LogP contribution in [0.2, 0.25) is 0 Å². The van der Waals surface area contributed by atoms with E-state index in [9.17, 15) is 4.79 Å². The summed E-state index contributed by atoms with van der Waals surface area (Å²) in [6.07, 6.45) is 2.32. The van der Waals surface area contributed by atoms with Gasteiger partial charge in [-0.1, -0.05) is 42.5 Å². The molecule has 1 aliphatic rings. The minimum atomic E-state index is -0.220. The van der Waals surface area contributed by atoms with Crippen LogP contribution in [-0.4, -0.2) is 37.0 Å². The molecule has 0 unspecified atom stereocenters. The molecule has 0 aliphatic heterocycles. The molecule has 1 aliphatic carbocycles. The van der Waals surface area contributed by atoms with E-state index in [4.69, 9.17) is 0 Å². The molecule has 1 fully saturated rings. The summed E-state index contributed by atoms with van der Waals surface area (Å²) in [5.74, 6) is 0.729.